The quantitative estimate of drug-likeness (QED) is 0.875. The highest BCUT2D eigenvalue weighted by Crippen LogP contribution is 2.42. The van der Waals surface area contributed by atoms with E-state index in [2.05, 4.69) is 10.0 Å². The van der Waals surface area contributed by atoms with Gasteiger partial charge in [-0.2, -0.15) is 0 Å². The highest BCUT2D eigenvalue weighted by atomic mass is 32.2. The van der Waals surface area contributed by atoms with Crippen molar-refractivity contribution in [3.63, 3.8) is 0 Å². The Morgan fingerprint density at radius 3 is 2.12 bits per heavy atom. The Kier molecular flexibility index (Phi) is 4.43. The van der Waals surface area contributed by atoms with E-state index < -0.39 is 15.6 Å². The van der Waals surface area contributed by atoms with Crippen molar-refractivity contribution in [1.82, 2.24) is 4.72 Å². The Labute approximate surface area is 142 Å². The van der Waals surface area contributed by atoms with Gasteiger partial charge in [0.15, 0.2) is 0 Å². The molecule has 1 saturated carbocycles. The normalized spacial score (nSPS) is 16.2. The lowest BCUT2D eigenvalue weighted by Crippen LogP contribution is -2.50. The highest BCUT2D eigenvalue weighted by molar-refractivity contribution is 7.89. The van der Waals surface area contributed by atoms with Gasteiger partial charge in [0, 0.05) is 12.6 Å². The first-order chi connectivity index (χ1) is 11.4. The maximum absolute atomic E-state index is 12.7. The zero-order valence-electron chi connectivity index (χ0n) is 13.5. The Hall–Kier alpha value is -2.18. The van der Waals surface area contributed by atoms with Crippen molar-refractivity contribution in [2.24, 2.45) is 0 Å². The number of hydrogen-bond acceptors (Lipinski definition) is 3. The van der Waals surface area contributed by atoms with Gasteiger partial charge >= 0.3 is 0 Å². The summed E-state index contributed by atoms with van der Waals surface area (Å²) in [5.41, 5.74) is 1.05. The van der Waals surface area contributed by atoms with Crippen molar-refractivity contribution in [3.05, 3.63) is 60.2 Å². The second-order valence-electron chi connectivity index (χ2n) is 6.11. The van der Waals surface area contributed by atoms with Crippen molar-refractivity contribution >= 4 is 21.6 Å². The van der Waals surface area contributed by atoms with E-state index in [1.165, 1.54) is 19.1 Å². The number of benzene rings is 2. The fraction of sp³-hybridized carbons (Fsp3) is 0.278. The fourth-order valence-corrected chi connectivity index (χ4v) is 4.42. The molecular formula is C18H20N2O3S. The van der Waals surface area contributed by atoms with E-state index in [4.69, 9.17) is 0 Å². The van der Waals surface area contributed by atoms with Crippen LogP contribution in [0.1, 0.15) is 31.7 Å². The SMILES string of the molecule is CC(=O)Nc1ccc(S(=O)(=O)NC2(c3ccccc3)CCC2)cc1. The topological polar surface area (TPSA) is 75.3 Å². The van der Waals surface area contributed by atoms with Crippen LogP contribution in [0, 0.1) is 0 Å². The summed E-state index contributed by atoms with van der Waals surface area (Å²) in [5, 5.41) is 2.63. The first kappa shape index (κ1) is 16.7. The molecule has 126 valence electrons. The van der Waals surface area contributed by atoms with Crippen LogP contribution in [0.25, 0.3) is 0 Å². The van der Waals surface area contributed by atoms with Gasteiger partial charge in [0.05, 0.1) is 10.4 Å². The molecule has 0 aliphatic heterocycles. The second kappa shape index (κ2) is 6.37. The van der Waals surface area contributed by atoms with Gasteiger partial charge in [0.2, 0.25) is 15.9 Å². The Morgan fingerprint density at radius 2 is 1.62 bits per heavy atom. The molecule has 5 nitrogen and oxygen atoms in total. The van der Waals surface area contributed by atoms with Gasteiger partial charge in [-0.25, -0.2) is 13.1 Å². The first-order valence-corrected chi connectivity index (χ1v) is 9.37. The van der Waals surface area contributed by atoms with Gasteiger partial charge in [0.1, 0.15) is 0 Å². The Morgan fingerprint density at radius 1 is 1.00 bits per heavy atom. The zero-order chi connectivity index (χ0) is 17.2. The lowest BCUT2D eigenvalue weighted by molar-refractivity contribution is -0.114. The van der Waals surface area contributed by atoms with Crippen LogP contribution in [0.5, 0.6) is 0 Å². The van der Waals surface area contributed by atoms with Crippen molar-refractivity contribution < 1.29 is 13.2 Å². The van der Waals surface area contributed by atoms with Crippen LogP contribution >= 0.6 is 0 Å². The molecule has 1 amide bonds. The monoisotopic (exact) mass is 344 g/mol. The average molecular weight is 344 g/mol. The maximum Gasteiger partial charge on any atom is 0.241 e. The summed E-state index contributed by atoms with van der Waals surface area (Å²) < 4.78 is 28.4. The van der Waals surface area contributed by atoms with Gasteiger partial charge < -0.3 is 5.32 Å². The zero-order valence-corrected chi connectivity index (χ0v) is 14.3. The number of amides is 1. The third kappa shape index (κ3) is 3.34. The molecule has 0 saturated heterocycles. The van der Waals surface area contributed by atoms with Crippen molar-refractivity contribution in [2.45, 2.75) is 36.6 Å². The molecule has 0 unspecified atom stereocenters. The number of carbonyl (C=O) groups excluding carboxylic acids is 1. The molecule has 24 heavy (non-hydrogen) atoms. The fourth-order valence-electron chi connectivity index (χ4n) is 2.97. The molecule has 0 aromatic heterocycles. The maximum atomic E-state index is 12.7. The van der Waals surface area contributed by atoms with Gasteiger partial charge in [-0.1, -0.05) is 30.3 Å². The lowest BCUT2D eigenvalue weighted by Gasteiger charge is -2.42. The van der Waals surface area contributed by atoms with Crippen molar-refractivity contribution in [2.75, 3.05) is 5.32 Å². The summed E-state index contributed by atoms with van der Waals surface area (Å²) in [4.78, 5) is 11.2. The van der Waals surface area contributed by atoms with E-state index in [0.717, 1.165) is 24.8 Å². The van der Waals surface area contributed by atoms with Crippen LogP contribution in [0.3, 0.4) is 0 Å². The standard InChI is InChI=1S/C18H20N2O3S/c1-14(21)19-16-8-10-17(11-9-16)24(22,23)20-18(12-5-13-18)15-6-3-2-4-7-15/h2-4,6-11,20H,5,12-13H2,1H3,(H,19,21). The number of carbonyl (C=O) groups is 1. The van der Waals surface area contributed by atoms with E-state index in [1.807, 2.05) is 30.3 Å². The minimum absolute atomic E-state index is 0.193. The van der Waals surface area contributed by atoms with Crippen LogP contribution in [0.4, 0.5) is 5.69 Å². The molecule has 0 heterocycles. The largest absolute Gasteiger partial charge is 0.326 e. The number of nitrogens with one attached hydrogen (secondary N) is 2. The van der Waals surface area contributed by atoms with Crippen molar-refractivity contribution in [1.29, 1.82) is 0 Å². The van der Waals surface area contributed by atoms with Crippen LogP contribution in [0.15, 0.2) is 59.5 Å². The Balaban J connectivity index is 1.84. The number of anilines is 1. The minimum atomic E-state index is -3.63. The molecule has 0 spiro atoms. The van der Waals surface area contributed by atoms with Gasteiger partial charge in [0.25, 0.3) is 0 Å². The molecule has 0 radical (unpaired) electrons. The molecule has 2 N–H and O–H groups in total. The van der Waals surface area contributed by atoms with Crippen LogP contribution in [-0.2, 0) is 20.4 Å². The Bertz CT molecular complexity index is 826. The van der Waals surface area contributed by atoms with E-state index in [-0.39, 0.29) is 10.8 Å². The van der Waals surface area contributed by atoms with Crippen LogP contribution in [0.2, 0.25) is 0 Å². The summed E-state index contributed by atoms with van der Waals surface area (Å²) in [5.74, 6) is -0.193. The predicted molar refractivity (Wildman–Crippen MR) is 93.0 cm³/mol. The van der Waals surface area contributed by atoms with Crippen LogP contribution < -0.4 is 10.0 Å². The number of rotatable bonds is 5. The smallest absolute Gasteiger partial charge is 0.241 e. The predicted octanol–water partition coefficient (Wildman–Crippen LogP) is 3.00. The highest BCUT2D eigenvalue weighted by Gasteiger charge is 2.42. The summed E-state index contributed by atoms with van der Waals surface area (Å²) in [6, 6.07) is 15.9. The molecule has 0 bridgehead atoms. The lowest BCUT2D eigenvalue weighted by atomic mass is 9.73. The molecule has 1 aliphatic rings. The average Bonchev–Trinajstić information content (AvgIpc) is 2.52. The molecule has 2 aromatic carbocycles. The number of hydrogen-bond donors (Lipinski definition) is 2. The summed E-state index contributed by atoms with van der Waals surface area (Å²) in [6.45, 7) is 1.41. The van der Waals surface area contributed by atoms with E-state index in [0.29, 0.717) is 5.69 Å². The minimum Gasteiger partial charge on any atom is -0.326 e. The van der Waals surface area contributed by atoms with Crippen LogP contribution in [-0.4, -0.2) is 14.3 Å². The first-order valence-electron chi connectivity index (χ1n) is 7.88. The second-order valence-corrected chi connectivity index (χ2v) is 7.80. The molecular weight excluding hydrogens is 324 g/mol. The third-order valence-corrected chi connectivity index (χ3v) is 5.90. The molecule has 2 aromatic rings. The summed E-state index contributed by atoms with van der Waals surface area (Å²) in [6.07, 6.45) is 2.58. The van der Waals surface area contributed by atoms with Gasteiger partial charge in [-0.05, 0) is 49.1 Å². The third-order valence-electron chi connectivity index (χ3n) is 4.35. The molecule has 6 heteroatoms. The van der Waals surface area contributed by atoms with E-state index in [9.17, 15) is 13.2 Å². The molecule has 1 fully saturated rings. The summed E-state index contributed by atoms with van der Waals surface area (Å²) in [7, 11) is -3.63. The van der Waals surface area contributed by atoms with E-state index >= 15 is 0 Å². The molecule has 1 aliphatic carbocycles. The van der Waals surface area contributed by atoms with Gasteiger partial charge in [-0.3, -0.25) is 4.79 Å². The summed E-state index contributed by atoms with van der Waals surface area (Å²) >= 11 is 0. The molecule has 3 rings (SSSR count). The van der Waals surface area contributed by atoms with E-state index in [1.54, 1.807) is 12.1 Å². The van der Waals surface area contributed by atoms with Gasteiger partial charge in [-0.15, -0.1) is 0 Å². The molecule has 0 atom stereocenters. The number of sulfonamides is 1. The van der Waals surface area contributed by atoms with Crippen molar-refractivity contribution in [3.8, 4) is 0 Å².